The summed E-state index contributed by atoms with van der Waals surface area (Å²) in [6, 6.07) is 0. The first-order valence-corrected chi connectivity index (χ1v) is 5.78. The lowest BCUT2D eigenvalue weighted by atomic mass is 9.95. The first-order chi connectivity index (χ1) is 7.23. The number of hydrogen-bond donors (Lipinski definition) is 2. The summed E-state index contributed by atoms with van der Waals surface area (Å²) in [5.74, 6) is -1.10. The molecule has 0 heterocycles. The van der Waals surface area contributed by atoms with E-state index < -0.39 is 11.5 Å². The second-order valence-corrected chi connectivity index (χ2v) is 5.62. The van der Waals surface area contributed by atoms with Crippen LogP contribution in [0.3, 0.4) is 0 Å². The van der Waals surface area contributed by atoms with Crippen LogP contribution in [0.15, 0.2) is 0 Å². The van der Waals surface area contributed by atoms with E-state index >= 15 is 0 Å². The number of nitrogens with one attached hydrogen (secondary N) is 1. The predicted octanol–water partition coefficient (Wildman–Crippen LogP) is 1.79. The van der Waals surface area contributed by atoms with Crippen LogP contribution >= 0.6 is 0 Å². The molecular weight excluding hydrogens is 206 g/mol. The second kappa shape index (κ2) is 4.07. The van der Waals surface area contributed by atoms with Crippen molar-refractivity contribution in [2.45, 2.75) is 52.5 Å². The zero-order chi connectivity index (χ0) is 12.6. The van der Waals surface area contributed by atoms with Crippen LogP contribution in [-0.2, 0) is 9.59 Å². The van der Waals surface area contributed by atoms with Crippen molar-refractivity contribution >= 4 is 11.9 Å². The van der Waals surface area contributed by atoms with E-state index in [1.807, 2.05) is 20.8 Å². The molecule has 1 amide bonds. The molecule has 0 aromatic carbocycles. The van der Waals surface area contributed by atoms with Gasteiger partial charge in [0.1, 0.15) is 5.54 Å². The van der Waals surface area contributed by atoms with Crippen molar-refractivity contribution in [3.05, 3.63) is 0 Å². The summed E-state index contributed by atoms with van der Waals surface area (Å²) in [5, 5.41) is 11.8. The van der Waals surface area contributed by atoms with Crippen LogP contribution in [0.25, 0.3) is 0 Å². The summed E-state index contributed by atoms with van der Waals surface area (Å²) in [4.78, 5) is 23.0. The Labute approximate surface area is 96.4 Å². The number of carboxylic acids is 1. The number of carboxylic acid groups (broad SMARTS) is 1. The molecule has 0 spiro atoms. The van der Waals surface area contributed by atoms with E-state index in [9.17, 15) is 9.59 Å². The molecule has 0 radical (unpaired) electrons. The van der Waals surface area contributed by atoms with Crippen molar-refractivity contribution in [2.75, 3.05) is 0 Å². The molecule has 16 heavy (non-hydrogen) atoms. The van der Waals surface area contributed by atoms with Gasteiger partial charge >= 0.3 is 5.97 Å². The van der Waals surface area contributed by atoms with Gasteiger partial charge in [-0.25, -0.2) is 4.79 Å². The maximum absolute atomic E-state index is 11.8. The summed E-state index contributed by atoms with van der Waals surface area (Å²) in [6.45, 7) is 7.53. The minimum atomic E-state index is -1.12. The molecule has 0 aromatic heterocycles. The molecule has 1 saturated carbocycles. The van der Waals surface area contributed by atoms with Gasteiger partial charge in [0, 0.05) is 5.92 Å². The number of carbonyl (C=O) groups excluding carboxylic acids is 1. The van der Waals surface area contributed by atoms with Crippen LogP contribution in [0.1, 0.15) is 47.0 Å². The van der Waals surface area contributed by atoms with Gasteiger partial charge in [0.25, 0.3) is 0 Å². The molecule has 0 bridgehead atoms. The summed E-state index contributed by atoms with van der Waals surface area (Å²) >= 11 is 0. The molecule has 0 saturated heterocycles. The van der Waals surface area contributed by atoms with Crippen LogP contribution in [0.5, 0.6) is 0 Å². The Balaban J connectivity index is 2.63. The van der Waals surface area contributed by atoms with Gasteiger partial charge in [-0.1, -0.05) is 27.2 Å². The normalized spacial score (nSPS) is 25.6. The highest BCUT2D eigenvalue weighted by Gasteiger charge is 2.52. The lowest BCUT2D eigenvalue weighted by Crippen LogP contribution is -2.52. The highest BCUT2D eigenvalue weighted by Crippen LogP contribution is 2.51. The van der Waals surface area contributed by atoms with Crippen LogP contribution in [0, 0.1) is 11.3 Å². The number of carbonyl (C=O) groups is 2. The molecule has 2 N–H and O–H groups in total. The van der Waals surface area contributed by atoms with E-state index in [0.717, 1.165) is 12.8 Å². The minimum Gasteiger partial charge on any atom is -0.480 e. The molecule has 4 nitrogen and oxygen atoms in total. The average molecular weight is 227 g/mol. The summed E-state index contributed by atoms with van der Waals surface area (Å²) in [5.41, 5.74) is -1.08. The number of amides is 1. The predicted molar refractivity (Wildman–Crippen MR) is 61.0 cm³/mol. The number of rotatable bonds is 5. The lowest BCUT2D eigenvalue weighted by Gasteiger charge is -2.26. The van der Waals surface area contributed by atoms with E-state index in [1.165, 1.54) is 0 Å². The van der Waals surface area contributed by atoms with E-state index in [2.05, 4.69) is 5.32 Å². The van der Waals surface area contributed by atoms with Gasteiger partial charge < -0.3 is 10.4 Å². The van der Waals surface area contributed by atoms with Gasteiger partial charge in [-0.2, -0.15) is 0 Å². The molecule has 0 aliphatic heterocycles. The van der Waals surface area contributed by atoms with Crippen LogP contribution in [0.4, 0.5) is 0 Å². The fourth-order valence-electron chi connectivity index (χ4n) is 2.00. The maximum Gasteiger partial charge on any atom is 0.329 e. The van der Waals surface area contributed by atoms with Crippen molar-refractivity contribution in [3.63, 3.8) is 0 Å². The Bertz CT molecular complexity index is 311. The van der Waals surface area contributed by atoms with Crippen molar-refractivity contribution in [1.29, 1.82) is 0 Å². The topological polar surface area (TPSA) is 66.4 Å². The zero-order valence-corrected chi connectivity index (χ0v) is 10.5. The van der Waals surface area contributed by atoms with Gasteiger partial charge in [0.05, 0.1) is 0 Å². The van der Waals surface area contributed by atoms with Crippen molar-refractivity contribution in [2.24, 2.45) is 11.3 Å². The first-order valence-electron chi connectivity index (χ1n) is 5.78. The van der Waals surface area contributed by atoms with E-state index in [1.54, 1.807) is 6.92 Å². The Hall–Kier alpha value is -1.06. The number of aliphatic carboxylic acids is 1. The fourth-order valence-corrected chi connectivity index (χ4v) is 2.00. The highest BCUT2D eigenvalue weighted by atomic mass is 16.4. The third-order valence-electron chi connectivity index (χ3n) is 3.45. The minimum absolute atomic E-state index is 0.0250. The highest BCUT2D eigenvalue weighted by molar-refractivity contribution is 5.89. The molecule has 4 heteroatoms. The average Bonchev–Trinajstić information content (AvgIpc) is 2.75. The largest absolute Gasteiger partial charge is 0.480 e. The van der Waals surface area contributed by atoms with Crippen LogP contribution < -0.4 is 5.32 Å². The number of hydrogen-bond acceptors (Lipinski definition) is 2. The monoisotopic (exact) mass is 227 g/mol. The molecule has 1 unspecified atom stereocenters. The Kier molecular flexibility index (Phi) is 3.31. The Morgan fingerprint density at radius 1 is 1.50 bits per heavy atom. The van der Waals surface area contributed by atoms with Crippen LogP contribution in [-0.4, -0.2) is 22.5 Å². The van der Waals surface area contributed by atoms with Crippen molar-refractivity contribution < 1.29 is 14.7 Å². The van der Waals surface area contributed by atoms with Gasteiger partial charge in [-0.15, -0.1) is 0 Å². The summed E-state index contributed by atoms with van der Waals surface area (Å²) in [7, 11) is 0. The van der Waals surface area contributed by atoms with Gasteiger partial charge in [-0.05, 0) is 25.2 Å². The van der Waals surface area contributed by atoms with Crippen molar-refractivity contribution in [3.8, 4) is 0 Å². The Morgan fingerprint density at radius 2 is 2.00 bits per heavy atom. The maximum atomic E-state index is 11.8. The SMILES string of the molecule is CCCC(C)(NC(=O)[C@H]1CC1(C)C)C(=O)O. The third-order valence-corrected chi connectivity index (χ3v) is 3.45. The Morgan fingerprint density at radius 3 is 2.31 bits per heavy atom. The molecule has 0 aromatic rings. The summed E-state index contributed by atoms with van der Waals surface area (Å²) < 4.78 is 0. The molecule has 1 aliphatic carbocycles. The molecule has 1 fully saturated rings. The third kappa shape index (κ3) is 2.54. The second-order valence-electron chi connectivity index (χ2n) is 5.62. The van der Waals surface area contributed by atoms with E-state index in [-0.39, 0.29) is 17.2 Å². The van der Waals surface area contributed by atoms with Gasteiger partial charge in [0.2, 0.25) is 5.91 Å². The smallest absolute Gasteiger partial charge is 0.329 e. The lowest BCUT2D eigenvalue weighted by molar-refractivity contribution is -0.147. The first kappa shape index (κ1) is 13.0. The standard InChI is InChI=1S/C12H21NO3/c1-5-6-12(4,10(15)16)13-9(14)8-7-11(8,2)3/h8H,5-7H2,1-4H3,(H,13,14)(H,15,16)/t8-,12?/m1/s1. The van der Waals surface area contributed by atoms with E-state index in [0.29, 0.717) is 6.42 Å². The molecule has 2 atom stereocenters. The van der Waals surface area contributed by atoms with Crippen molar-refractivity contribution in [1.82, 2.24) is 5.32 Å². The van der Waals surface area contributed by atoms with E-state index in [4.69, 9.17) is 5.11 Å². The molecular formula is C12H21NO3. The van der Waals surface area contributed by atoms with Gasteiger partial charge in [0.15, 0.2) is 0 Å². The molecule has 1 rings (SSSR count). The van der Waals surface area contributed by atoms with Gasteiger partial charge in [-0.3, -0.25) is 4.79 Å². The molecule has 92 valence electrons. The quantitative estimate of drug-likeness (QED) is 0.752. The summed E-state index contributed by atoms with van der Waals surface area (Å²) in [6.07, 6.45) is 2.04. The molecule has 1 aliphatic rings. The van der Waals surface area contributed by atoms with Crippen LogP contribution in [0.2, 0.25) is 0 Å². The fraction of sp³-hybridized carbons (Fsp3) is 0.833. The zero-order valence-electron chi connectivity index (χ0n) is 10.5.